The Hall–Kier alpha value is -1.06. The maximum atomic E-state index is 11.4. The van der Waals surface area contributed by atoms with Crippen LogP contribution in [0, 0.1) is 11.8 Å². The molecule has 0 bridgehead atoms. The number of carbonyl (C=O) groups is 2. The molecule has 0 unspecified atom stereocenters. The van der Waals surface area contributed by atoms with Crippen molar-refractivity contribution in [3.63, 3.8) is 0 Å². The maximum absolute atomic E-state index is 11.4. The normalized spacial score (nSPS) is 15.9. The van der Waals surface area contributed by atoms with Gasteiger partial charge in [-0.15, -0.1) is 0 Å². The molecule has 2 amide bonds. The van der Waals surface area contributed by atoms with Gasteiger partial charge in [-0.3, -0.25) is 9.59 Å². The van der Waals surface area contributed by atoms with E-state index in [0.717, 1.165) is 12.8 Å². The van der Waals surface area contributed by atoms with Crippen molar-refractivity contribution in [2.24, 2.45) is 11.8 Å². The first kappa shape index (κ1) is 12.0. The van der Waals surface area contributed by atoms with Crippen molar-refractivity contribution in [2.75, 3.05) is 13.1 Å². The molecular weight excluding hydrogens is 192 g/mol. The summed E-state index contributed by atoms with van der Waals surface area (Å²) in [4.78, 5) is 22.5. The smallest absolute Gasteiger partial charge is 0.223 e. The summed E-state index contributed by atoms with van der Waals surface area (Å²) >= 11 is 0. The fraction of sp³-hybridized carbons (Fsp3) is 0.818. The molecule has 0 aliphatic heterocycles. The summed E-state index contributed by atoms with van der Waals surface area (Å²) in [6.07, 6.45) is 3.20. The van der Waals surface area contributed by atoms with Gasteiger partial charge in [-0.05, 0) is 12.8 Å². The third-order valence-corrected chi connectivity index (χ3v) is 2.72. The van der Waals surface area contributed by atoms with Gasteiger partial charge in [0, 0.05) is 24.9 Å². The summed E-state index contributed by atoms with van der Waals surface area (Å²) in [6, 6.07) is 0. The van der Waals surface area contributed by atoms with Gasteiger partial charge in [-0.25, -0.2) is 0 Å². The molecule has 2 N–H and O–H groups in total. The molecule has 0 atom stereocenters. The van der Waals surface area contributed by atoms with Crippen LogP contribution in [0.3, 0.4) is 0 Å². The lowest BCUT2D eigenvalue weighted by Gasteiger charge is -2.24. The van der Waals surface area contributed by atoms with E-state index in [1.807, 2.05) is 13.8 Å². The second-order valence-corrected chi connectivity index (χ2v) is 4.36. The number of hydrogen-bond acceptors (Lipinski definition) is 2. The maximum Gasteiger partial charge on any atom is 0.223 e. The Labute approximate surface area is 90.8 Å². The molecule has 4 heteroatoms. The number of hydrogen-bond donors (Lipinski definition) is 2. The monoisotopic (exact) mass is 212 g/mol. The van der Waals surface area contributed by atoms with Gasteiger partial charge >= 0.3 is 0 Å². The fourth-order valence-electron chi connectivity index (χ4n) is 1.39. The largest absolute Gasteiger partial charge is 0.354 e. The summed E-state index contributed by atoms with van der Waals surface area (Å²) in [5.41, 5.74) is 0. The third-order valence-electron chi connectivity index (χ3n) is 2.72. The van der Waals surface area contributed by atoms with Gasteiger partial charge < -0.3 is 10.6 Å². The average molecular weight is 212 g/mol. The Morgan fingerprint density at radius 1 is 1.20 bits per heavy atom. The van der Waals surface area contributed by atoms with Crippen molar-refractivity contribution >= 4 is 11.8 Å². The number of rotatable bonds is 5. The van der Waals surface area contributed by atoms with E-state index in [0.29, 0.717) is 13.1 Å². The van der Waals surface area contributed by atoms with Crippen molar-refractivity contribution in [1.82, 2.24) is 10.6 Å². The van der Waals surface area contributed by atoms with E-state index in [4.69, 9.17) is 0 Å². The molecule has 0 aromatic carbocycles. The standard InChI is InChI=1S/C11H20N2O2/c1-8(2)10(14)12-6-7-13-11(15)9-4-3-5-9/h8-9H,3-7H2,1-2H3,(H,12,14)(H,13,15). The Balaban J connectivity index is 2.01. The quantitative estimate of drug-likeness (QED) is 0.658. The molecule has 0 saturated heterocycles. The number of amides is 2. The predicted molar refractivity (Wildman–Crippen MR) is 58.2 cm³/mol. The molecule has 86 valence electrons. The average Bonchev–Trinajstić information content (AvgIpc) is 2.08. The fourth-order valence-corrected chi connectivity index (χ4v) is 1.39. The van der Waals surface area contributed by atoms with E-state index < -0.39 is 0 Å². The Morgan fingerprint density at radius 3 is 2.27 bits per heavy atom. The molecule has 1 aliphatic carbocycles. The topological polar surface area (TPSA) is 58.2 Å². The molecule has 0 heterocycles. The molecule has 1 aliphatic rings. The van der Waals surface area contributed by atoms with Crippen molar-refractivity contribution < 1.29 is 9.59 Å². The van der Waals surface area contributed by atoms with E-state index in [-0.39, 0.29) is 23.7 Å². The minimum absolute atomic E-state index is 0.00679. The van der Waals surface area contributed by atoms with Crippen LogP contribution in [0.5, 0.6) is 0 Å². The van der Waals surface area contributed by atoms with Crippen LogP contribution < -0.4 is 10.6 Å². The first-order chi connectivity index (χ1) is 7.11. The van der Waals surface area contributed by atoms with E-state index in [2.05, 4.69) is 10.6 Å². The Kier molecular flexibility index (Phi) is 4.59. The van der Waals surface area contributed by atoms with Gasteiger partial charge in [0.25, 0.3) is 0 Å². The lowest BCUT2D eigenvalue weighted by Crippen LogP contribution is -2.40. The van der Waals surface area contributed by atoms with Crippen LogP contribution in [0.2, 0.25) is 0 Å². The molecule has 1 saturated carbocycles. The van der Waals surface area contributed by atoms with Gasteiger partial charge in [0.05, 0.1) is 0 Å². The molecule has 15 heavy (non-hydrogen) atoms. The highest BCUT2D eigenvalue weighted by Gasteiger charge is 2.24. The second-order valence-electron chi connectivity index (χ2n) is 4.36. The van der Waals surface area contributed by atoms with Crippen LogP contribution in [0.4, 0.5) is 0 Å². The van der Waals surface area contributed by atoms with Crippen LogP contribution in [0.25, 0.3) is 0 Å². The van der Waals surface area contributed by atoms with Gasteiger partial charge in [-0.2, -0.15) is 0 Å². The van der Waals surface area contributed by atoms with Crippen LogP contribution in [-0.4, -0.2) is 24.9 Å². The zero-order valence-electron chi connectivity index (χ0n) is 9.51. The summed E-state index contributed by atoms with van der Waals surface area (Å²) in [7, 11) is 0. The zero-order valence-corrected chi connectivity index (χ0v) is 9.51. The molecule has 0 spiro atoms. The van der Waals surface area contributed by atoms with Crippen LogP contribution in [0.1, 0.15) is 33.1 Å². The second kappa shape index (κ2) is 5.73. The first-order valence-electron chi connectivity index (χ1n) is 5.66. The predicted octanol–water partition coefficient (Wildman–Crippen LogP) is 0.675. The third kappa shape index (κ3) is 3.90. The summed E-state index contributed by atoms with van der Waals surface area (Å²) < 4.78 is 0. The van der Waals surface area contributed by atoms with Gasteiger partial charge in [0.1, 0.15) is 0 Å². The van der Waals surface area contributed by atoms with Gasteiger partial charge in [-0.1, -0.05) is 20.3 Å². The van der Waals surface area contributed by atoms with Crippen LogP contribution in [-0.2, 0) is 9.59 Å². The molecule has 0 aromatic rings. The molecular formula is C11H20N2O2. The minimum Gasteiger partial charge on any atom is -0.354 e. The summed E-state index contributed by atoms with van der Waals surface area (Å²) in [5, 5.41) is 5.58. The van der Waals surface area contributed by atoms with E-state index in [9.17, 15) is 9.59 Å². The van der Waals surface area contributed by atoms with Gasteiger partial charge in [0.2, 0.25) is 11.8 Å². The van der Waals surface area contributed by atoms with Crippen molar-refractivity contribution in [1.29, 1.82) is 0 Å². The zero-order chi connectivity index (χ0) is 11.3. The van der Waals surface area contributed by atoms with Gasteiger partial charge in [0.15, 0.2) is 0 Å². The summed E-state index contributed by atoms with van der Waals surface area (Å²) in [6.45, 7) is 4.76. The lowest BCUT2D eigenvalue weighted by molar-refractivity contribution is -0.128. The molecule has 1 rings (SSSR count). The number of nitrogens with one attached hydrogen (secondary N) is 2. The SMILES string of the molecule is CC(C)C(=O)NCCNC(=O)C1CCC1. The minimum atomic E-state index is 0.00679. The highest BCUT2D eigenvalue weighted by molar-refractivity contribution is 5.79. The van der Waals surface area contributed by atoms with E-state index in [1.54, 1.807) is 0 Å². The number of carbonyl (C=O) groups excluding carboxylic acids is 2. The highest BCUT2D eigenvalue weighted by atomic mass is 16.2. The summed E-state index contributed by atoms with van der Waals surface area (Å²) in [5.74, 6) is 0.408. The molecule has 1 fully saturated rings. The van der Waals surface area contributed by atoms with E-state index in [1.165, 1.54) is 6.42 Å². The van der Waals surface area contributed by atoms with E-state index >= 15 is 0 Å². The van der Waals surface area contributed by atoms with Crippen molar-refractivity contribution in [2.45, 2.75) is 33.1 Å². The Morgan fingerprint density at radius 2 is 1.80 bits per heavy atom. The van der Waals surface area contributed by atoms with Crippen molar-refractivity contribution in [3.8, 4) is 0 Å². The molecule has 0 radical (unpaired) electrons. The molecule has 0 aromatic heterocycles. The van der Waals surface area contributed by atoms with Crippen LogP contribution >= 0.6 is 0 Å². The molecule has 4 nitrogen and oxygen atoms in total. The first-order valence-corrected chi connectivity index (χ1v) is 5.66. The Bertz CT molecular complexity index is 235. The van der Waals surface area contributed by atoms with Crippen LogP contribution in [0.15, 0.2) is 0 Å². The lowest BCUT2D eigenvalue weighted by atomic mass is 9.85. The van der Waals surface area contributed by atoms with Crippen molar-refractivity contribution in [3.05, 3.63) is 0 Å². The highest BCUT2D eigenvalue weighted by Crippen LogP contribution is 2.25.